The van der Waals surface area contributed by atoms with Gasteiger partial charge in [0.1, 0.15) is 0 Å². The Kier molecular flexibility index (Phi) is 4.92. The number of hydrogen-bond donors (Lipinski definition) is 2. The lowest BCUT2D eigenvalue weighted by molar-refractivity contribution is -0.121. The second-order valence-electron chi connectivity index (χ2n) is 5.14. The summed E-state index contributed by atoms with van der Waals surface area (Å²) in [6.07, 6.45) is 1.66. The normalized spacial score (nSPS) is 16.5. The summed E-state index contributed by atoms with van der Waals surface area (Å²) in [6.45, 7) is 4.65. The molecule has 1 aliphatic heterocycles. The maximum absolute atomic E-state index is 12.1. The van der Waals surface area contributed by atoms with Gasteiger partial charge in [0.2, 0.25) is 5.91 Å². The monoisotopic (exact) mass is 279 g/mol. The molecule has 0 saturated carbocycles. The van der Waals surface area contributed by atoms with E-state index in [2.05, 4.69) is 10.6 Å². The number of rotatable bonds is 6. The Hall–Kier alpha value is -1.66. The quantitative estimate of drug-likeness (QED) is 0.785. The third-order valence-corrected chi connectivity index (χ3v) is 3.72. The van der Waals surface area contributed by atoms with Gasteiger partial charge in [0.15, 0.2) is 0 Å². The van der Waals surface area contributed by atoms with Crippen LogP contribution in [0.1, 0.15) is 6.92 Å². The Morgan fingerprint density at radius 3 is 2.90 bits per heavy atom. The van der Waals surface area contributed by atoms with Crippen LogP contribution in [0.4, 0.5) is 5.69 Å². The molecule has 20 heavy (non-hydrogen) atoms. The van der Waals surface area contributed by atoms with Crippen molar-refractivity contribution in [1.82, 2.24) is 9.88 Å². The van der Waals surface area contributed by atoms with Crippen LogP contribution >= 0.6 is 0 Å². The molecule has 0 bridgehead atoms. The van der Waals surface area contributed by atoms with Crippen molar-refractivity contribution in [3.63, 3.8) is 0 Å². The zero-order valence-electron chi connectivity index (χ0n) is 11.9. The summed E-state index contributed by atoms with van der Waals surface area (Å²) in [5, 5.41) is 6.03. The Morgan fingerprint density at radius 2 is 2.30 bits per heavy atom. The van der Waals surface area contributed by atoms with Gasteiger partial charge in [-0.2, -0.15) is 0 Å². The topological polar surface area (TPSA) is 72.4 Å². The second-order valence-corrected chi connectivity index (χ2v) is 5.14. The molecule has 0 aliphatic carbocycles. The SMILES string of the molecule is COCCn1cc(NC(=O)C(C)C2CNC2)ccc1=O. The molecule has 110 valence electrons. The fourth-order valence-corrected chi connectivity index (χ4v) is 2.10. The van der Waals surface area contributed by atoms with Gasteiger partial charge in [0, 0.05) is 31.8 Å². The first-order chi connectivity index (χ1) is 9.61. The number of aromatic nitrogens is 1. The number of ether oxygens (including phenoxy) is 1. The molecule has 0 spiro atoms. The van der Waals surface area contributed by atoms with E-state index in [1.807, 2.05) is 6.92 Å². The first-order valence-electron chi connectivity index (χ1n) is 6.83. The van der Waals surface area contributed by atoms with Crippen molar-refractivity contribution in [3.05, 3.63) is 28.7 Å². The van der Waals surface area contributed by atoms with Gasteiger partial charge in [-0.05, 0) is 25.1 Å². The van der Waals surface area contributed by atoms with E-state index in [-0.39, 0.29) is 17.4 Å². The average Bonchev–Trinajstić information content (AvgIpc) is 2.37. The van der Waals surface area contributed by atoms with Crippen molar-refractivity contribution in [2.24, 2.45) is 11.8 Å². The van der Waals surface area contributed by atoms with Crippen molar-refractivity contribution < 1.29 is 9.53 Å². The molecule has 0 radical (unpaired) electrons. The fourth-order valence-electron chi connectivity index (χ4n) is 2.10. The molecule has 1 saturated heterocycles. The maximum atomic E-state index is 12.1. The van der Waals surface area contributed by atoms with Crippen LogP contribution in [0.25, 0.3) is 0 Å². The minimum atomic E-state index is -0.101. The van der Waals surface area contributed by atoms with Gasteiger partial charge in [-0.1, -0.05) is 6.92 Å². The average molecular weight is 279 g/mol. The Bertz CT molecular complexity index is 523. The molecule has 6 heteroatoms. The van der Waals surface area contributed by atoms with Crippen LogP contribution in [0.5, 0.6) is 0 Å². The van der Waals surface area contributed by atoms with Crippen LogP contribution in [0.15, 0.2) is 23.1 Å². The highest BCUT2D eigenvalue weighted by Crippen LogP contribution is 2.17. The lowest BCUT2D eigenvalue weighted by atomic mass is 9.88. The third kappa shape index (κ3) is 3.46. The van der Waals surface area contributed by atoms with Crippen molar-refractivity contribution in [2.45, 2.75) is 13.5 Å². The zero-order chi connectivity index (χ0) is 14.5. The van der Waals surface area contributed by atoms with E-state index >= 15 is 0 Å². The molecular weight excluding hydrogens is 258 g/mol. The molecule has 6 nitrogen and oxygen atoms in total. The van der Waals surface area contributed by atoms with Crippen LogP contribution in [0.3, 0.4) is 0 Å². The van der Waals surface area contributed by atoms with Crippen molar-refractivity contribution in [2.75, 3.05) is 32.1 Å². The van der Waals surface area contributed by atoms with Gasteiger partial charge in [-0.15, -0.1) is 0 Å². The lowest BCUT2D eigenvalue weighted by Crippen LogP contribution is -2.48. The van der Waals surface area contributed by atoms with E-state index in [9.17, 15) is 9.59 Å². The highest BCUT2D eigenvalue weighted by atomic mass is 16.5. The van der Waals surface area contributed by atoms with E-state index in [4.69, 9.17) is 4.74 Å². The van der Waals surface area contributed by atoms with Crippen molar-refractivity contribution in [3.8, 4) is 0 Å². The van der Waals surface area contributed by atoms with E-state index in [1.165, 1.54) is 10.6 Å². The number of methoxy groups -OCH3 is 1. The summed E-state index contributed by atoms with van der Waals surface area (Å²) in [5.74, 6) is 0.360. The van der Waals surface area contributed by atoms with Crippen LogP contribution in [-0.2, 0) is 16.1 Å². The van der Waals surface area contributed by atoms with Crippen LogP contribution < -0.4 is 16.2 Å². The third-order valence-electron chi connectivity index (χ3n) is 3.72. The molecule has 2 rings (SSSR count). The molecule has 1 aliphatic rings. The summed E-state index contributed by atoms with van der Waals surface area (Å²) in [6, 6.07) is 3.09. The Balaban J connectivity index is 2.01. The maximum Gasteiger partial charge on any atom is 0.250 e. The number of nitrogens with one attached hydrogen (secondary N) is 2. The second kappa shape index (κ2) is 6.67. The molecular formula is C14H21N3O3. The number of hydrogen-bond acceptors (Lipinski definition) is 4. The number of anilines is 1. The summed E-state index contributed by atoms with van der Waals surface area (Å²) in [7, 11) is 1.59. The molecule has 2 heterocycles. The molecule has 0 aromatic carbocycles. The smallest absolute Gasteiger partial charge is 0.250 e. The van der Waals surface area contributed by atoms with Gasteiger partial charge in [0.05, 0.1) is 12.3 Å². The molecule has 1 fully saturated rings. The molecule has 1 amide bonds. The number of nitrogens with zero attached hydrogens (tertiary/aromatic N) is 1. The number of carbonyl (C=O) groups is 1. The Morgan fingerprint density at radius 1 is 1.55 bits per heavy atom. The standard InChI is InChI=1S/C14H21N3O3/c1-10(11-7-15-8-11)14(19)16-12-3-4-13(18)17(9-12)5-6-20-2/h3-4,9-11,15H,5-8H2,1-2H3,(H,16,19). The van der Waals surface area contributed by atoms with Gasteiger partial charge < -0.3 is 19.9 Å². The Labute approximate surface area is 118 Å². The van der Waals surface area contributed by atoms with Crippen LogP contribution in [-0.4, -0.2) is 37.3 Å². The fraction of sp³-hybridized carbons (Fsp3) is 0.571. The molecule has 1 aromatic heterocycles. The predicted molar refractivity (Wildman–Crippen MR) is 76.7 cm³/mol. The molecule has 1 atom stereocenters. The number of pyridine rings is 1. The summed E-state index contributed by atoms with van der Waals surface area (Å²) >= 11 is 0. The summed E-state index contributed by atoms with van der Waals surface area (Å²) in [4.78, 5) is 23.8. The van der Waals surface area contributed by atoms with Crippen LogP contribution in [0.2, 0.25) is 0 Å². The van der Waals surface area contributed by atoms with Gasteiger partial charge in [-0.3, -0.25) is 9.59 Å². The zero-order valence-corrected chi connectivity index (χ0v) is 11.9. The first kappa shape index (κ1) is 14.7. The van der Waals surface area contributed by atoms with E-state index in [0.29, 0.717) is 24.8 Å². The van der Waals surface area contributed by atoms with Gasteiger partial charge in [0.25, 0.3) is 5.56 Å². The van der Waals surface area contributed by atoms with E-state index in [0.717, 1.165) is 13.1 Å². The van der Waals surface area contributed by atoms with Gasteiger partial charge >= 0.3 is 0 Å². The van der Waals surface area contributed by atoms with Gasteiger partial charge in [-0.25, -0.2) is 0 Å². The minimum Gasteiger partial charge on any atom is -0.383 e. The first-order valence-corrected chi connectivity index (χ1v) is 6.83. The van der Waals surface area contributed by atoms with E-state index < -0.39 is 0 Å². The predicted octanol–water partition coefficient (Wildman–Crippen LogP) is 0.289. The van der Waals surface area contributed by atoms with Crippen molar-refractivity contribution in [1.29, 1.82) is 0 Å². The summed E-state index contributed by atoms with van der Waals surface area (Å²) in [5.41, 5.74) is 0.543. The highest BCUT2D eigenvalue weighted by Gasteiger charge is 2.28. The van der Waals surface area contributed by atoms with Crippen molar-refractivity contribution >= 4 is 11.6 Å². The number of amides is 1. The highest BCUT2D eigenvalue weighted by molar-refractivity contribution is 5.92. The molecule has 1 unspecified atom stereocenters. The molecule has 2 N–H and O–H groups in total. The summed E-state index contributed by atoms with van der Waals surface area (Å²) < 4.78 is 6.50. The number of carbonyl (C=O) groups excluding carboxylic acids is 1. The largest absolute Gasteiger partial charge is 0.383 e. The minimum absolute atomic E-state index is 0.00607. The van der Waals surface area contributed by atoms with Crippen LogP contribution in [0, 0.1) is 11.8 Å². The van der Waals surface area contributed by atoms with E-state index in [1.54, 1.807) is 19.4 Å². The molecule has 1 aromatic rings. The lowest BCUT2D eigenvalue weighted by Gasteiger charge is -2.31.